The molecule has 0 aliphatic carbocycles. The van der Waals surface area contributed by atoms with E-state index in [9.17, 15) is 0 Å². The zero-order chi connectivity index (χ0) is 11.0. The van der Waals surface area contributed by atoms with Crippen LogP contribution in [0.4, 0.5) is 0 Å². The summed E-state index contributed by atoms with van der Waals surface area (Å²) in [5.74, 6) is 0.688. The van der Waals surface area contributed by atoms with Gasteiger partial charge in [0.2, 0.25) is 5.88 Å². The van der Waals surface area contributed by atoms with E-state index >= 15 is 0 Å². The smallest absolute Gasteiger partial charge is 0.212 e. The Morgan fingerprint density at radius 3 is 3.06 bits per heavy atom. The molecule has 1 N–H and O–H groups in total. The lowest BCUT2D eigenvalue weighted by atomic mass is 10.2. The Morgan fingerprint density at radius 2 is 2.50 bits per heavy atom. The lowest BCUT2D eigenvalue weighted by molar-refractivity contribution is 0.217. The van der Waals surface area contributed by atoms with Gasteiger partial charge in [-0.25, -0.2) is 4.98 Å². The van der Waals surface area contributed by atoms with Crippen LogP contribution >= 0.6 is 0 Å². The Labute approximate surface area is 95.6 Å². The number of piperazine rings is 1. The summed E-state index contributed by atoms with van der Waals surface area (Å²) in [5.41, 5.74) is 1.27. The molecule has 2 aliphatic rings. The van der Waals surface area contributed by atoms with Crippen LogP contribution in [0.25, 0.3) is 0 Å². The average molecular weight is 219 g/mol. The number of hydrogen-bond donors (Lipinski definition) is 1. The van der Waals surface area contributed by atoms with E-state index < -0.39 is 0 Å². The maximum Gasteiger partial charge on any atom is 0.212 e. The number of nitrogens with zero attached hydrogens (tertiary/aromatic N) is 2. The largest absolute Gasteiger partial charge is 0.481 e. The van der Waals surface area contributed by atoms with Crippen molar-refractivity contribution in [3.05, 3.63) is 23.9 Å². The fraction of sp³-hybridized carbons (Fsp3) is 0.583. The highest BCUT2D eigenvalue weighted by atomic mass is 16.5. The summed E-state index contributed by atoms with van der Waals surface area (Å²) < 4.78 is 5.05. The van der Waals surface area contributed by atoms with E-state index in [-0.39, 0.29) is 0 Å². The molecule has 2 atom stereocenters. The van der Waals surface area contributed by atoms with E-state index in [4.69, 9.17) is 4.74 Å². The van der Waals surface area contributed by atoms with E-state index in [2.05, 4.69) is 21.3 Å². The highest BCUT2D eigenvalue weighted by molar-refractivity contribution is 5.18. The van der Waals surface area contributed by atoms with Crippen molar-refractivity contribution in [3.63, 3.8) is 0 Å². The van der Waals surface area contributed by atoms with Gasteiger partial charge in [-0.2, -0.15) is 0 Å². The van der Waals surface area contributed by atoms with Crippen molar-refractivity contribution in [2.24, 2.45) is 0 Å². The molecule has 0 saturated carbocycles. The Hall–Kier alpha value is -1.13. The van der Waals surface area contributed by atoms with E-state index in [0.717, 1.165) is 25.2 Å². The first kappa shape index (κ1) is 10.1. The van der Waals surface area contributed by atoms with Gasteiger partial charge in [0.15, 0.2) is 0 Å². The SMILES string of the molecule is COc1ccc(CN2C[C@@H]3C[C@H]2CN3)cn1. The minimum Gasteiger partial charge on any atom is -0.481 e. The van der Waals surface area contributed by atoms with Gasteiger partial charge in [-0.15, -0.1) is 0 Å². The minimum absolute atomic E-state index is 0.688. The Balaban J connectivity index is 1.65. The number of nitrogens with one attached hydrogen (secondary N) is 1. The van der Waals surface area contributed by atoms with E-state index in [1.165, 1.54) is 18.5 Å². The lowest BCUT2D eigenvalue weighted by Crippen LogP contribution is -2.42. The predicted octanol–water partition coefficient (Wildman–Crippen LogP) is 0.636. The first-order valence-electron chi connectivity index (χ1n) is 5.81. The Morgan fingerprint density at radius 1 is 1.56 bits per heavy atom. The van der Waals surface area contributed by atoms with Crippen LogP contribution in [0.1, 0.15) is 12.0 Å². The van der Waals surface area contributed by atoms with Crippen LogP contribution in [0.15, 0.2) is 18.3 Å². The van der Waals surface area contributed by atoms with Gasteiger partial charge in [-0.05, 0) is 12.0 Å². The first-order chi connectivity index (χ1) is 7.85. The van der Waals surface area contributed by atoms with Gasteiger partial charge < -0.3 is 10.1 Å². The van der Waals surface area contributed by atoms with Gasteiger partial charge >= 0.3 is 0 Å². The monoisotopic (exact) mass is 219 g/mol. The number of fused-ring (bicyclic) bond motifs is 2. The zero-order valence-electron chi connectivity index (χ0n) is 9.52. The van der Waals surface area contributed by atoms with Crippen LogP contribution in [-0.2, 0) is 6.54 Å². The topological polar surface area (TPSA) is 37.4 Å². The molecule has 1 aromatic heterocycles. The third-order valence-electron chi connectivity index (χ3n) is 3.56. The van der Waals surface area contributed by atoms with Crippen molar-refractivity contribution >= 4 is 0 Å². The van der Waals surface area contributed by atoms with Crippen molar-refractivity contribution in [2.45, 2.75) is 25.0 Å². The van der Waals surface area contributed by atoms with Crippen molar-refractivity contribution in [3.8, 4) is 5.88 Å². The molecule has 0 amide bonds. The second-order valence-corrected chi connectivity index (χ2v) is 4.63. The number of aromatic nitrogens is 1. The normalized spacial score (nSPS) is 28.6. The minimum atomic E-state index is 0.688. The molecule has 0 spiro atoms. The lowest BCUT2D eigenvalue weighted by Gasteiger charge is -2.27. The van der Waals surface area contributed by atoms with Gasteiger partial charge in [0.25, 0.3) is 0 Å². The molecule has 2 aliphatic heterocycles. The molecular formula is C12H17N3O. The van der Waals surface area contributed by atoms with Gasteiger partial charge in [-0.1, -0.05) is 6.07 Å². The highest BCUT2D eigenvalue weighted by Gasteiger charge is 2.37. The summed E-state index contributed by atoms with van der Waals surface area (Å²) >= 11 is 0. The van der Waals surface area contributed by atoms with Crippen molar-refractivity contribution in [2.75, 3.05) is 20.2 Å². The molecule has 86 valence electrons. The van der Waals surface area contributed by atoms with Crippen LogP contribution in [-0.4, -0.2) is 42.2 Å². The van der Waals surface area contributed by atoms with Crippen molar-refractivity contribution < 1.29 is 4.74 Å². The molecule has 1 aromatic rings. The number of pyridine rings is 1. The Kier molecular flexibility index (Phi) is 2.53. The van der Waals surface area contributed by atoms with Crippen molar-refractivity contribution in [1.82, 2.24) is 15.2 Å². The predicted molar refractivity (Wildman–Crippen MR) is 61.4 cm³/mol. The number of likely N-dealkylation sites (tertiary alicyclic amines) is 1. The van der Waals surface area contributed by atoms with Gasteiger partial charge in [0.1, 0.15) is 0 Å². The third-order valence-corrected chi connectivity index (χ3v) is 3.56. The summed E-state index contributed by atoms with van der Waals surface area (Å²) in [6, 6.07) is 5.48. The van der Waals surface area contributed by atoms with Gasteiger partial charge in [0.05, 0.1) is 7.11 Å². The van der Waals surface area contributed by atoms with E-state index in [1.807, 2.05) is 12.3 Å². The maximum absolute atomic E-state index is 5.05. The van der Waals surface area contributed by atoms with Gasteiger partial charge in [-0.3, -0.25) is 4.90 Å². The molecule has 2 fully saturated rings. The molecule has 0 aromatic carbocycles. The number of rotatable bonds is 3. The average Bonchev–Trinajstić information content (AvgIpc) is 2.92. The molecule has 0 radical (unpaired) electrons. The summed E-state index contributed by atoms with van der Waals surface area (Å²) in [4.78, 5) is 6.78. The molecular weight excluding hydrogens is 202 g/mol. The second kappa shape index (κ2) is 4.03. The van der Waals surface area contributed by atoms with E-state index in [1.54, 1.807) is 7.11 Å². The van der Waals surface area contributed by atoms with Gasteiger partial charge in [0, 0.05) is 44.0 Å². The maximum atomic E-state index is 5.05. The zero-order valence-corrected chi connectivity index (χ0v) is 9.52. The molecule has 3 heterocycles. The molecule has 4 heteroatoms. The van der Waals surface area contributed by atoms with Crippen LogP contribution in [0.2, 0.25) is 0 Å². The first-order valence-corrected chi connectivity index (χ1v) is 5.81. The quantitative estimate of drug-likeness (QED) is 0.809. The molecule has 4 nitrogen and oxygen atoms in total. The highest BCUT2D eigenvalue weighted by Crippen LogP contribution is 2.25. The summed E-state index contributed by atoms with van der Waals surface area (Å²) in [6.07, 6.45) is 3.22. The number of hydrogen-bond acceptors (Lipinski definition) is 4. The van der Waals surface area contributed by atoms with Crippen LogP contribution in [0.3, 0.4) is 0 Å². The van der Waals surface area contributed by atoms with Crippen molar-refractivity contribution in [1.29, 1.82) is 0 Å². The molecule has 2 bridgehead atoms. The summed E-state index contributed by atoms with van der Waals surface area (Å²) in [6.45, 7) is 3.34. The second-order valence-electron chi connectivity index (χ2n) is 4.63. The Bertz CT molecular complexity index is 365. The van der Waals surface area contributed by atoms with Crippen LogP contribution < -0.4 is 10.1 Å². The van der Waals surface area contributed by atoms with Crippen LogP contribution in [0, 0.1) is 0 Å². The molecule has 3 rings (SSSR count). The molecule has 2 saturated heterocycles. The third kappa shape index (κ3) is 1.79. The molecule has 16 heavy (non-hydrogen) atoms. The fourth-order valence-electron chi connectivity index (χ4n) is 2.70. The summed E-state index contributed by atoms with van der Waals surface area (Å²) in [5, 5.41) is 3.51. The van der Waals surface area contributed by atoms with E-state index in [0.29, 0.717) is 5.88 Å². The standard InChI is InChI=1S/C12H17N3O/c1-16-12-3-2-9(5-14-12)7-15-8-10-4-11(15)6-13-10/h2-3,5,10-11,13H,4,6-8H2,1H3/t10-,11-/m0/s1. The molecule has 0 unspecified atom stereocenters. The number of methoxy groups -OCH3 is 1. The summed E-state index contributed by atoms with van der Waals surface area (Å²) in [7, 11) is 1.65. The number of ether oxygens (including phenoxy) is 1. The van der Waals surface area contributed by atoms with Crippen LogP contribution in [0.5, 0.6) is 5.88 Å². The fourth-order valence-corrected chi connectivity index (χ4v) is 2.70.